The van der Waals surface area contributed by atoms with Gasteiger partial charge in [-0.25, -0.2) is 0 Å². The molecule has 0 spiro atoms. The zero-order valence-corrected chi connectivity index (χ0v) is 9.12. The Labute approximate surface area is 85.8 Å². The molecule has 1 aliphatic carbocycles. The van der Waals surface area contributed by atoms with Gasteiger partial charge in [-0.15, -0.1) is 0 Å². The van der Waals surface area contributed by atoms with Crippen LogP contribution in [0.5, 0.6) is 0 Å². The Kier molecular flexibility index (Phi) is 5.12. The van der Waals surface area contributed by atoms with E-state index in [0.717, 1.165) is 25.7 Å². The zero-order valence-electron chi connectivity index (χ0n) is 9.12. The van der Waals surface area contributed by atoms with Gasteiger partial charge in [-0.1, -0.05) is 6.42 Å². The minimum atomic E-state index is -0.202. The number of carbonyl (C=O) groups is 1. The predicted molar refractivity (Wildman–Crippen MR) is 54.0 cm³/mol. The molecule has 0 aromatic rings. The van der Waals surface area contributed by atoms with E-state index in [1.807, 2.05) is 6.92 Å². The Hall–Kier alpha value is -0.410. The third kappa shape index (κ3) is 3.39. The summed E-state index contributed by atoms with van der Waals surface area (Å²) in [4.78, 5) is 11.5. The molecule has 1 saturated carbocycles. The van der Waals surface area contributed by atoms with E-state index >= 15 is 0 Å². The molecule has 2 atom stereocenters. The number of carbonyl (C=O) groups excluding carboxylic acids is 1. The first-order valence-corrected chi connectivity index (χ1v) is 5.45. The van der Waals surface area contributed by atoms with E-state index in [-0.39, 0.29) is 12.2 Å². The topological polar surface area (TPSA) is 35.5 Å². The van der Waals surface area contributed by atoms with Crippen LogP contribution >= 0.6 is 0 Å². The van der Waals surface area contributed by atoms with Crippen molar-refractivity contribution in [2.24, 2.45) is 5.92 Å². The SMILES string of the molecule is CCOC(CC1CCCCC1=O)OC. The Balaban J connectivity index is 2.35. The second-order valence-corrected chi connectivity index (χ2v) is 3.77. The highest BCUT2D eigenvalue weighted by molar-refractivity contribution is 5.81. The molecule has 82 valence electrons. The lowest BCUT2D eigenvalue weighted by Gasteiger charge is -2.24. The number of rotatable bonds is 5. The molecule has 0 radical (unpaired) electrons. The summed E-state index contributed by atoms with van der Waals surface area (Å²) in [6.07, 6.45) is 4.50. The van der Waals surface area contributed by atoms with Crippen molar-refractivity contribution in [2.75, 3.05) is 13.7 Å². The lowest BCUT2D eigenvalue weighted by atomic mass is 9.85. The molecule has 1 aliphatic rings. The van der Waals surface area contributed by atoms with Crippen LogP contribution in [0.2, 0.25) is 0 Å². The summed E-state index contributed by atoms with van der Waals surface area (Å²) in [5.41, 5.74) is 0. The quantitative estimate of drug-likeness (QED) is 0.638. The van der Waals surface area contributed by atoms with E-state index in [0.29, 0.717) is 12.4 Å². The van der Waals surface area contributed by atoms with Gasteiger partial charge in [0.25, 0.3) is 0 Å². The Morgan fingerprint density at radius 2 is 2.29 bits per heavy atom. The maximum atomic E-state index is 11.5. The van der Waals surface area contributed by atoms with Crippen LogP contribution in [-0.2, 0) is 14.3 Å². The third-order valence-corrected chi connectivity index (χ3v) is 2.77. The van der Waals surface area contributed by atoms with E-state index in [1.165, 1.54) is 6.42 Å². The summed E-state index contributed by atoms with van der Waals surface area (Å²) < 4.78 is 10.5. The van der Waals surface area contributed by atoms with E-state index < -0.39 is 0 Å². The molecular weight excluding hydrogens is 180 g/mol. The number of ketones is 1. The smallest absolute Gasteiger partial charge is 0.157 e. The van der Waals surface area contributed by atoms with E-state index in [9.17, 15) is 4.79 Å². The molecule has 14 heavy (non-hydrogen) atoms. The molecule has 0 heterocycles. The molecule has 0 N–H and O–H groups in total. The van der Waals surface area contributed by atoms with Crippen molar-refractivity contribution in [1.29, 1.82) is 0 Å². The normalized spacial score (nSPS) is 25.0. The number of Topliss-reactive ketones (excluding diaryl/α,β-unsaturated/α-hetero) is 1. The van der Waals surface area contributed by atoms with Crippen LogP contribution in [-0.4, -0.2) is 25.8 Å². The van der Waals surface area contributed by atoms with Crippen molar-refractivity contribution in [3.05, 3.63) is 0 Å². The highest BCUT2D eigenvalue weighted by Crippen LogP contribution is 2.25. The highest BCUT2D eigenvalue weighted by Gasteiger charge is 2.25. The number of ether oxygens (including phenoxy) is 2. The number of hydrogen-bond acceptors (Lipinski definition) is 3. The summed E-state index contributed by atoms with van der Waals surface area (Å²) >= 11 is 0. The largest absolute Gasteiger partial charge is 0.356 e. The number of methoxy groups -OCH3 is 1. The average Bonchev–Trinajstić information content (AvgIpc) is 2.20. The van der Waals surface area contributed by atoms with Gasteiger partial charge in [0.2, 0.25) is 0 Å². The van der Waals surface area contributed by atoms with Crippen LogP contribution in [0.4, 0.5) is 0 Å². The van der Waals surface area contributed by atoms with E-state index in [4.69, 9.17) is 9.47 Å². The fraction of sp³-hybridized carbons (Fsp3) is 0.909. The van der Waals surface area contributed by atoms with Crippen molar-refractivity contribution < 1.29 is 14.3 Å². The molecule has 0 aromatic heterocycles. The predicted octanol–water partition coefficient (Wildman–Crippen LogP) is 2.14. The summed E-state index contributed by atoms with van der Waals surface area (Å²) in [6.45, 7) is 2.58. The van der Waals surface area contributed by atoms with Crippen LogP contribution in [0, 0.1) is 5.92 Å². The molecule has 1 fully saturated rings. The molecule has 0 saturated heterocycles. The van der Waals surface area contributed by atoms with Crippen molar-refractivity contribution in [1.82, 2.24) is 0 Å². The van der Waals surface area contributed by atoms with Crippen molar-refractivity contribution in [3.8, 4) is 0 Å². The minimum Gasteiger partial charge on any atom is -0.356 e. The number of hydrogen-bond donors (Lipinski definition) is 0. The lowest BCUT2D eigenvalue weighted by molar-refractivity contribution is -0.144. The molecule has 3 heteroatoms. The van der Waals surface area contributed by atoms with Gasteiger partial charge in [-0.3, -0.25) is 4.79 Å². The van der Waals surface area contributed by atoms with Crippen molar-refractivity contribution in [2.45, 2.75) is 45.3 Å². The van der Waals surface area contributed by atoms with Crippen LogP contribution in [0.25, 0.3) is 0 Å². The Morgan fingerprint density at radius 3 is 2.86 bits per heavy atom. The van der Waals surface area contributed by atoms with E-state index in [2.05, 4.69) is 0 Å². The van der Waals surface area contributed by atoms with Crippen molar-refractivity contribution >= 4 is 5.78 Å². The first-order valence-electron chi connectivity index (χ1n) is 5.45. The first-order chi connectivity index (χ1) is 6.77. The fourth-order valence-electron chi connectivity index (χ4n) is 1.95. The standard InChI is InChI=1S/C11H20O3/c1-3-14-11(13-2)8-9-6-4-5-7-10(9)12/h9,11H,3-8H2,1-2H3. The van der Waals surface area contributed by atoms with Crippen LogP contribution in [0.15, 0.2) is 0 Å². The van der Waals surface area contributed by atoms with Crippen LogP contribution < -0.4 is 0 Å². The molecule has 0 bridgehead atoms. The van der Waals surface area contributed by atoms with Gasteiger partial charge >= 0.3 is 0 Å². The summed E-state index contributed by atoms with van der Waals surface area (Å²) in [5, 5.41) is 0. The average molecular weight is 200 g/mol. The lowest BCUT2D eigenvalue weighted by Crippen LogP contribution is -2.26. The van der Waals surface area contributed by atoms with Crippen LogP contribution in [0.1, 0.15) is 39.0 Å². The second kappa shape index (κ2) is 6.14. The van der Waals surface area contributed by atoms with Gasteiger partial charge in [0.1, 0.15) is 5.78 Å². The molecule has 0 aromatic carbocycles. The van der Waals surface area contributed by atoms with Gasteiger partial charge in [0.15, 0.2) is 6.29 Å². The van der Waals surface area contributed by atoms with Crippen LogP contribution in [0.3, 0.4) is 0 Å². The monoisotopic (exact) mass is 200 g/mol. The highest BCUT2D eigenvalue weighted by atomic mass is 16.7. The Morgan fingerprint density at radius 1 is 1.50 bits per heavy atom. The molecular formula is C11H20O3. The molecule has 3 nitrogen and oxygen atoms in total. The molecule has 2 unspecified atom stereocenters. The van der Waals surface area contributed by atoms with Gasteiger partial charge in [-0.2, -0.15) is 0 Å². The molecule has 0 amide bonds. The minimum absolute atomic E-state index is 0.167. The molecule has 1 rings (SSSR count). The maximum absolute atomic E-state index is 11.5. The maximum Gasteiger partial charge on any atom is 0.157 e. The Bertz CT molecular complexity index is 179. The van der Waals surface area contributed by atoms with Gasteiger partial charge in [0.05, 0.1) is 0 Å². The second-order valence-electron chi connectivity index (χ2n) is 3.77. The summed E-state index contributed by atoms with van der Waals surface area (Å²) in [5.74, 6) is 0.554. The molecule has 0 aliphatic heterocycles. The van der Waals surface area contributed by atoms with Crippen molar-refractivity contribution in [3.63, 3.8) is 0 Å². The fourth-order valence-corrected chi connectivity index (χ4v) is 1.95. The summed E-state index contributed by atoms with van der Waals surface area (Å²) in [6, 6.07) is 0. The van der Waals surface area contributed by atoms with Gasteiger partial charge in [0, 0.05) is 32.5 Å². The third-order valence-electron chi connectivity index (χ3n) is 2.77. The van der Waals surface area contributed by atoms with Gasteiger partial charge in [-0.05, 0) is 19.8 Å². The first kappa shape index (κ1) is 11.7. The zero-order chi connectivity index (χ0) is 10.4. The van der Waals surface area contributed by atoms with Gasteiger partial charge < -0.3 is 9.47 Å². The summed E-state index contributed by atoms with van der Waals surface area (Å²) in [7, 11) is 1.63. The van der Waals surface area contributed by atoms with E-state index in [1.54, 1.807) is 7.11 Å².